The van der Waals surface area contributed by atoms with Crippen LogP contribution in [0.15, 0.2) is 48.5 Å². The lowest BCUT2D eigenvalue weighted by Gasteiger charge is -2.40. The normalized spacial score (nSPS) is 16.1. The predicted molar refractivity (Wildman–Crippen MR) is 106 cm³/mol. The lowest BCUT2D eigenvalue weighted by molar-refractivity contribution is -0.149. The topological polar surface area (TPSA) is 75.3 Å². The first kappa shape index (κ1) is 20.0. The van der Waals surface area contributed by atoms with Crippen LogP contribution in [-0.4, -0.2) is 46.9 Å². The third-order valence-electron chi connectivity index (χ3n) is 5.76. The Morgan fingerprint density at radius 2 is 1.83 bits per heavy atom. The molecule has 0 saturated carbocycles. The van der Waals surface area contributed by atoms with Crippen molar-refractivity contribution in [3.8, 4) is 0 Å². The van der Waals surface area contributed by atoms with Gasteiger partial charge >= 0.3 is 5.97 Å². The van der Waals surface area contributed by atoms with Crippen LogP contribution in [0.4, 0.5) is 8.78 Å². The molecule has 1 amide bonds. The number of nitrogens with one attached hydrogen (secondary N) is 1. The number of aromatic nitrogens is 2. The van der Waals surface area contributed by atoms with Gasteiger partial charge in [0.2, 0.25) is 0 Å². The Labute approximate surface area is 171 Å². The van der Waals surface area contributed by atoms with Crippen molar-refractivity contribution in [1.82, 2.24) is 14.9 Å². The average Bonchev–Trinajstić information content (AvgIpc) is 3.22. The lowest BCUT2D eigenvalue weighted by atomic mass is 9.72. The standard InChI is InChI=1S/C22H21F2N3O3/c1-30-21(29)22(15-5-3-2-4-6-15)9-11-27(12-10-22)20(28)14-7-8-16-17(13-14)26-19(25-16)18(23)24/h2-8,13,18H,9-12H2,1H3,(H,25,26). The molecule has 1 N–H and O–H groups in total. The first-order chi connectivity index (χ1) is 14.4. The molecule has 2 aromatic carbocycles. The first-order valence-corrected chi connectivity index (χ1v) is 9.65. The molecule has 0 bridgehead atoms. The zero-order valence-electron chi connectivity index (χ0n) is 16.4. The van der Waals surface area contributed by atoms with Crippen molar-refractivity contribution < 1.29 is 23.1 Å². The number of benzene rings is 2. The maximum atomic E-state index is 13.0. The van der Waals surface area contributed by atoms with Crippen molar-refractivity contribution in [1.29, 1.82) is 0 Å². The minimum atomic E-state index is -2.71. The molecule has 1 fully saturated rings. The van der Waals surface area contributed by atoms with Crippen LogP contribution in [0.5, 0.6) is 0 Å². The number of H-pyrrole nitrogens is 1. The number of carbonyl (C=O) groups excluding carboxylic acids is 2. The second-order valence-corrected chi connectivity index (χ2v) is 7.39. The molecule has 0 unspecified atom stereocenters. The number of hydrogen-bond acceptors (Lipinski definition) is 4. The largest absolute Gasteiger partial charge is 0.468 e. The molecule has 0 aliphatic carbocycles. The Morgan fingerprint density at radius 3 is 2.47 bits per heavy atom. The van der Waals surface area contributed by atoms with Gasteiger partial charge in [-0.3, -0.25) is 9.59 Å². The summed E-state index contributed by atoms with van der Waals surface area (Å²) in [7, 11) is 1.37. The summed E-state index contributed by atoms with van der Waals surface area (Å²) in [6.45, 7) is 0.762. The Kier molecular flexibility index (Phi) is 5.24. The predicted octanol–water partition coefficient (Wildman–Crippen LogP) is 3.85. The fourth-order valence-corrected chi connectivity index (χ4v) is 4.10. The average molecular weight is 413 g/mol. The number of ether oxygens (including phenoxy) is 1. The summed E-state index contributed by atoms with van der Waals surface area (Å²) in [5, 5.41) is 0. The molecular weight excluding hydrogens is 392 g/mol. The fraction of sp³-hybridized carbons (Fsp3) is 0.318. The molecule has 3 aromatic rings. The number of fused-ring (bicyclic) bond motifs is 1. The van der Waals surface area contributed by atoms with E-state index < -0.39 is 17.7 Å². The van der Waals surface area contributed by atoms with Crippen molar-refractivity contribution >= 4 is 22.9 Å². The molecule has 8 heteroatoms. The van der Waals surface area contributed by atoms with E-state index in [9.17, 15) is 18.4 Å². The van der Waals surface area contributed by atoms with Crippen LogP contribution in [0, 0.1) is 0 Å². The van der Waals surface area contributed by atoms with E-state index in [0.717, 1.165) is 5.56 Å². The van der Waals surface area contributed by atoms with Crippen molar-refractivity contribution in [2.24, 2.45) is 0 Å². The molecule has 0 atom stereocenters. The molecule has 1 aromatic heterocycles. The first-order valence-electron chi connectivity index (χ1n) is 9.65. The molecule has 1 aliphatic heterocycles. The monoisotopic (exact) mass is 413 g/mol. The maximum absolute atomic E-state index is 13.0. The summed E-state index contributed by atoms with van der Waals surface area (Å²) in [5.74, 6) is -0.936. The van der Waals surface area contributed by atoms with Gasteiger partial charge in [-0.1, -0.05) is 30.3 Å². The van der Waals surface area contributed by atoms with Crippen LogP contribution in [0.3, 0.4) is 0 Å². The van der Waals surface area contributed by atoms with E-state index in [-0.39, 0.29) is 11.9 Å². The summed E-state index contributed by atoms with van der Waals surface area (Å²) in [4.78, 5) is 33.7. The van der Waals surface area contributed by atoms with Crippen molar-refractivity contribution in [2.75, 3.05) is 20.2 Å². The minimum absolute atomic E-state index is 0.211. The third-order valence-corrected chi connectivity index (χ3v) is 5.76. The Balaban J connectivity index is 1.55. The highest BCUT2D eigenvalue weighted by molar-refractivity contribution is 5.97. The number of imidazole rings is 1. The zero-order chi connectivity index (χ0) is 21.3. The molecule has 0 spiro atoms. The fourth-order valence-electron chi connectivity index (χ4n) is 4.10. The van der Waals surface area contributed by atoms with E-state index in [2.05, 4.69) is 9.97 Å². The van der Waals surface area contributed by atoms with Crippen LogP contribution in [-0.2, 0) is 14.9 Å². The van der Waals surface area contributed by atoms with Gasteiger partial charge in [0.05, 0.1) is 23.6 Å². The van der Waals surface area contributed by atoms with E-state index in [1.165, 1.54) is 13.2 Å². The third kappa shape index (κ3) is 3.42. The van der Waals surface area contributed by atoms with Crippen LogP contribution in [0.1, 0.15) is 41.0 Å². The van der Waals surface area contributed by atoms with Gasteiger partial charge in [0.1, 0.15) is 0 Å². The number of aromatic amines is 1. The number of methoxy groups -OCH3 is 1. The van der Waals surface area contributed by atoms with Gasteiger partial charge in [0.25, 0.3) is 12.3 Å². The van der Waals surface area contributed by atoms with Crippen molar-refractivity contribution in [2.45, 2.75) is 24.7 Å². The second kappa shape index (κ2) is 7.85. The highest BCUT2D eigenvalue weighted by Crippen LogP contribution is 2.37. The van der Waals surface area contributed by atoms with E-state index in [1.54, 1.807) is 17.0 Å². The Bertz CT molecular complexity index is 1070. The van der Waals surface area contributed by atoms with Gasteiger partial charge in [-0.05, 0) is 36.6 Å². The summed E-state index contributed by atoms with van der Waals surface area (Å²) < 4.78 is 30.8. The maximum Gasteiger partial charge on any atom is 0.316 e. The van der Waals surface area contributed by atoms with Crippen molar-refractivity contribution in [3.63, 3.8) is 0 Å². The summed E-state index contributed by atoms with van der Waals surface area (Å²) in [5.41, 5.74) is 1.25. The second-order valence-electron chi connectivity index (χ2n) is 7.39. The molecule has 2 heterocycles. The zero-order valence-corrected chi connectivity index (χ0v) is 16.4. The number of carbonyl (C=O) groups is 2. The smallest absolute Gasteiger partial charge is 0.316 e. The lowest BCUT2D eigenvalue weighted by Crippen LogP contribution is -2.49. The van der Waals surface area contributed by atoms with Crippen LogP contribution < -0.4 is 0 Å². The van der Waals surface area contributed by atoms with Gasteiger partial charge in [-0.2, -0.15) is 0 Å². The summed E-state index contributed by atoms with van der Waals surface area (Å²) in [6, 6.07) is 14.1. The molecule has 0 radical (unpaired) electrons. The van der Waals surface area contributed by atoms with E-state index >= 15 is 0 Å². The number of nitrogens with zero attached hydrogens (tertiary/aromatic N) is 2. The van der Waals surface area contributed by atoms with Gasteiger partial charge in [0.15, 0.2) is 5.82 Å². The molecule has 1 saturated heterocycles. The molecule has 156 valence electrons. The number of amides is 1. The minimum Gasteiger partial charge on any atom is -0.468 e. The van der Waals surface area contributed by atoms with Crippen LogP contribution in [0.2, 0.25) is 0 Å². The SMILES string of the molecule is COC(=O)C1(c2ccccc2)CCN(C(=O)c2ccc3nc(C(F)F)[nH]c3c2)CC1. The van der Waals surface area contributed by atoms with E-state index in [1.807, 2.05) is 30.3 Å². The molecule has 6 nitrogen and oxygen atoms in total. The Morgan fingerprint density at radius 1 is 1.13 bits per heavy atom. The quantitative estimate of drug-likeness (QED) is 0.660. The number of likely N-dealkylation sites (tertiary alicyclic amines) is 1. The number of alkyl halides is 2. The molecular formula is C22H21F2N3O3. The molecule has 4 rings (SSSR count). The highest BCUT2D eigenvalue weighted by atomic mass is 19.3. The molecule has 30 heavy (non-hydrogen) atoms. The van der Waals surface area contributed by atoms with Gasteiger partial charge in [-0.25, -0.2) is 13.8 Å². The number of halogens is 2. The highest BCUT2D eigenvalue weighted by Gasteiger charge is 2.44. The van der Waals surface area contributed by atoms with Crippen molar-refractivity contribution in [3.05, 3.63) is 65.5 Å². The van der Waals surface area contributed by atoms with Crippen LogP contribution >= 0.6 is 0 Å². The van der Waals surface area contributed by atoms with Gasteiger partial charge in [0, 0.05) is 18.7 Å². The van der Waals surface area contributed by atoms with Gasteiger partial charge < -0.3 is 14.6 Å². The van der Waals surface area contributed by atoms with Gasteiger partial charge in [-0.15, -0.1) is 0 Å². The number of rotatable bonds is 4. The van der Waals surface area contributed by atoms with E-state index in [4.69, 9.17) is 4.74 Å². The van der Waals surface area contributed by atoms with Crippen LogP contribution in [0.25, 0.3) is 11.0 Å². The number of esters is 1. The molecule has 1 aliphatic rings. The number of piperidine rings is 1. The summed E-state index contributed by atoms with van der Waals surface area (Å²) in [6.07, 6.45) is -1.82. The summed E-state index contributed by atoms with van der Waals surface area (Å²) >= 11 is 0. The number of hydrogen-bond donors (Lipinski definition) is 1. The van der Waals surface area contributed by atoms with E-state index in [0.29, 0.717) is 42.5 Å². The Hall–Kier alpha value is -3.29.